The van der Waals surface area contributed by atoms with Gasteiger partial charge in [0.05, 0.1) is 12.3 Å². The number of aliphatic hydroxyl groups is 1. The second kappa shape index (κ2) is 8.35. The first-order chi connectivity index (χ1) is 11.5. The topological polar surface area (TPSA) is 74.9 Å². The van der Waals surface area contributed by atoms with Gasteiger partial charge in [-0.1, -0.05) is 12.1 Å². The van der Waals surface area contributed by atoms with Crippen LogP contribution in [-0.2, 0) is 13.0 Å². The third kappa shape index (κ3) is 4.73. The van der Waals surface area contributed by atoms with Crippen LogP contribution in [0.4, 0.5) is 8.78 Å². The summed E-state index contributed by atoms with van der Waals surface area (Å²) in [5.74, 6) is 0.112. The van der Waals surface area contributed by atoms with E-state index in [0.717, 1.165) is 5.56 Å². The van der Waals surface area contributed by atoms with Crippen molar-refractivity contribution in [3.8, 4) is 11.5 Å². The van der Waals surface area contributed by atoms with Gasteiger partial charge in [0.1, 0.15) is 11.5 Å². The Morgan fingerprint density at radius 3 is 2.62 bits per heavy atom. The quantitative estimate of drug-likeness (QED) is 0.763. The van der Waals surface area contributed by atoms with Gasteiger partial charge in [0.25, 0.3) is 0 Å². The van der Waals surface area contributed by atoms with E-state index in [1.807, 2.05) is 0 Å². The minimum atomic E-state index is -2.84. The molecule has 5 nitrogen and oxygen atoms in total. The average Bonchev–Trinajstić information content (AvgIpc) is 2.56. The van der Waals surface area contributed by atoms with E-state index in [0.29, 0.717) is 29.8 Å². The summed E-state index contributed by atoms with van der Waals surface area (Å²) in [5, 5.41) is 19.3. The molecule has 0 aliphatic carbocycles. The molecule has 2 N–H and O–H groups in total. The number of halogens is 2. The molecule has 0 saturated carbocycles. The van der Waals surface area contributed by atoms with Crippen molar-refractivity contribution in [1.82, 2.24) is 4.98 Å². The number of aliphatic hydroxyl groups excluding tert-OH is 1. The van der Waals surface area contributed by atoms with E-state index < -0.39 is 6.61 Å². The maximum atomic E-state index is 12.1. The first-order valence-electron chi connectivity index (χ1n) is 7.33. The van der Waals surface area contributed by atoms with Gasteiger partial charge < -0.3 is 14.9 Å². The molecule has 2 aromatic rings. The summed E-state index contributed by atoms with van der Waals surface area (Å²) >= 11 is 0. The molecule has 0 amide bonds. The van der Waals surface area contributed by atoms with Crippen LogP contribution in [0, 0.1) is 6.92 Å². The van der Waals surface area contributed by atoms with E-state index in [2.05, 4.69) is 14.7 Å². The van der Waals surface area contributed by atoms with Crippen LogP contribution in [0.5, 0.6) is 11.5 Å². The van der Waals surface area contributed by atoms with Crippen LogP contribution in [0.25, 0.3) is 0 Å². The van der Waals surface area contributed by atoms with Crippen molar-refractivity contribution in [2.75, 3.05) is 6.54 Å². The van der Waals surface area contributed by atoms with Crippen molar-refractivity contribution in [3.05, 3.63) is 52.8 Å². The van der Waals surface area contributed by atoms with Crippen LogP contribution in [-0.4, -0.2) is 34.6 Å². The third-order valence-electron chi connectivity index (χ3n) is 3.43. The molecule has 1 aromatic carbocycles. The summed E-state index contributed by atoms with van der Waals surface area (Å²) in [6.45, 7) is -0.969. The predicted molar refractivity (Wildman–Crippen MR) is 85.8 cm³/mol. The summed E-state index contributed by atoms with van der Waals surface area (Å²) in [4.78, 5) is 8.22. The molecule has 0 spiro atoms. The summed E-state index contributed by atoms with van der Waals surface area (Å²) in [6.07, 6.45) is 3.60. The van der Waals surface area contributed by atoms with Crippen LogP contribution in [0.1, 0.15) is 22.4 Å². The van der Waals surface area contributed by atoms with E-state index in [4.69, 9.17) is 0 Å². The Morgan fingerprint density at radius 2 is 2.00 bits per heavy atom. The van der Waals surface area contributed by atoms with Crippen LogP contribution in [0.15, 0.2) is 35.5 Å². The van der Waals surface area contributed by atoms with Gasteiger partial charge in [-0.05, 0) is 31.0 Å². The van der Waals surface area contributed by atoms with Crippen LogP contribution in [0.2, 0.25) is 0 Å². The van der Waals surface area contributed by atoms with Crippen molar-refractivity contribution < 1.29 is 23.7 Å². The number of hydrogen-bond donors (Lipinski definition) is 2. The van der Waals surface area contributed by atoms with Gasteiger partial charge in [-0.25, -0.2) is 0 Å². The summed E-state index contributed by atoms with van der Waals surface area (Å²) in [5.41, 5.74) is 2.33. The number of ether oxygens (including phenoxy) is 1. The van der Waals surface area contributed by atoms with Crippen LogP contribution < -0.4 is 4.74 Å². The molecule has 0 fully saturated rings. The number of benzene rings is 1. The molecule has 0 bridgehead atoms. The summed E-state index contributed by atoms with van der Waals surface area (Å²) < 4.78 is 28.4. The van der Waals surface area contributed by atoms with Gasteiger partial charge in [0.2, 0.25) is 0 Å². The number of aliphatic imine (C=N–C) groups is 1. The smallest absolute Gasteiger partial charge is 0.387 e. The highest BCUT2D eigenvalue weighted by Gasteiger charge is 2.09. The zero-order chi connectivity index (χ0) is 17.5. The summed E-state index contributed by atoms with van der Waals surface area (Å²) in [7, 11) is 0. The molecule has 0 radical (unpaired) electrons. The molecule has 0 aliphatic rings. The van der Waals surface area contributed by atoms with Gasteiger partial charge in [0.15, 0.2) is 0 Å². The lowest BCUT2D eigenvalue weighted by molar-refractivity contribution is -0.0498. The molecule has 0 atom stereocenters. The molecule has 7 heteroatoms. The van der Waals surface area contributed by atoms with Crippen molar-refractivity contribution in [3.63, 3.8) is 0 Å². The van der Waals surface area contributed by atoms with Crippen LogP contribution in [0.3, 0.4) is 0 Å². The van der Waals surface area contributed by atoms with E-state index >= 15 is 0 Å². The Kier molecular flexibility index (Phi) is 6.20. The van der Waals surface area contributed by atoms with Gasteiger partial charge in [-0.3, -0.25) is 9.98 Å². The lowest BCUT2D eigenvalue weighted by Gasteiger charge is -2.07. The Hall–Kier alpha value is -2.54. The molecular weight excluding hydrogens is 318 g/mol. The van der Waals surface area contributed by atoms with Crippen molar-refractivity contribution in [1.29, 1.82) is 0 Å². The number of aromatic nitrogens is 1. The average molecular weight is 336 g/mol. The van der Waals surface area contributed by atoms with E-state index in [1.165, 1.54) is 24.5 Å². The SMILES string of the molecule is Cc1ncc(CO)c(C=NCCc2ccc(OC(F)F)cc2)c1O. The highest BCUT2D eigenvalue weighted by molar-refractivity contribution is 5.85. The molecule has 0 aliphatic heterocycles. The minimum Gasteiger partial charge on any atom is -0.505 e. The number of aromatic hydroxyl groups is 1. The zero-order valence-electron chi connectivity index (χ0n) is 13.1. The number of aryl methyl sites for hydroxylation is 1. The molecule has 0 saturated heterocycles. The number of hydrogen-bond acceptors (Lipinski definition) is 5. The van der Waals surface area contributed by atoms with Crippen molar-refractivity contribution >= 4 is 6.21 Å². The monoisotopic (exact) mass is 336 g/mol. The van der Waals surface area contributed by atoms with Crippen LogP contribution >= 0.6 is 0 Å². The third-order valence-corrected chi connectivity index (χ3v) is 3.43. The predicted octanol–water partition coefficient (Wildman–Crippen LogP) is 2.85. The van der Waals surface area contributed by atoms with Gasteiger partial charge in [-0.2, -0.15) is 8.78 Å². The maximum absolute atomic E-state index is 12.1. The van der Waals surface area contributed by atoms with E-state index in [9.17, 15) is 19.0 Å². The Morgan fingerprint density at radius 1 is 1.29 bits per heavy atom. The van der Waals surface area contributed by atoms with Gasteiger partial charge in [-0.15, -0.1) is 0 Å². The fourth-order valence-electron chi connectivity index (χ4n) is 2.11. The molecule has 0 unspecified atom stereocenters. The minimum absolute atomic E-state index is 0.00111. The van der Waals surface area contributed by atoms with E-state index in [1.54, 1.807) is 19.1 Å². The maximum Gasteiger partial charge on any atom is 0.387 e. The van der Waals surface area contributed by atoms with E-state index in [-0.39, 0.29) is 18.1 Å². The highest BCUT2D eigenvalue weighted by atomic mass is 19.3. The fraction of sp³-hybridized carbons (Fsp3) is 0.294. The molecule has 1 heterocycles. The zero-order valence-corrected chi connectivity index (χ0v) is 13.1. The first kappa shape index (κ1) is 17.8. The highest BCUT2D eigenvalue weighted by Crippen LogP contribution is 2.22. The number of alkyl halides is 2. The number of rotatable bonds is 7. The second-order valence-electron chi connectivity index (χ2n) is 5.10. The normalized spacial score (nSPS) is 11.4. The molecule has 24 heavy (non-hydrogen) atoms. The van der Waals surface area contributed by atoms with Crippen molar-refractivity contribution in [2.45, 2.75) is 26.6 Å². The molecular formula is C17H18F2N2O3. The van der Waals surface area contributed by atoms with Gasteiger partial charge in [0, 0.05) is 30.1 Å². The Bertz CT molecular complexity index is 704. The standard InChI is InChI=1S/C17H18F2N2O3/c1-11-16(23)15(13(10-22)8-21-11)9-20-7-6-12-2-4-14(5-3-12)24-17(18)19/h2-5,8-9,17,22-23H,6-7,10H2,1H3. The molecule has 128 valence electrons. The lowest BCUT2D eigenvalue weighted by Crippen LogP contribution is -2.02. The second-order valence-corrected chi connectivity index (χ2v) is 5.10. The molecule has 1 aromatic heterocycles. The molecule has 2 rings (SSSR count). The Balaban J connectivity index is 1.97. The van der Waals surface area contributed by atoms with Crippen molar-refractivity contribution in [2.24, 2.45) is 4.99 Å². The first-order valence-corrected chi connectivity index (χ1v) is 7.33. The fourth-order valence-corrected chi connectivity index (χ4v) is 2.11. The number of nitrogens with zero attached hydrogens (tertiary/aromatic N) is 2. The summed E-state index contributed by atoms with van der Waals surface area (Å²) in [6, 6.07) is 6.35. The number of pyridine rings is 1. The Labute approximate surface area is 138 Å². The largest absolute Gasteiger partial charge is 0.505 e. The lowest BCUT2D eigenvalue weighted by atomic mass is 10.1. The van der Waals surface area contributed by atoms with Gasteiger partial charge >= 0.3 is 6.61 Å².